The van der Waals surface area contributed by atoms with E-state index in [0.29, 0.717) is 5.11 Å². The number of ether oxygens (including phenoxy) is 2. The zero-order chi connectivity index (χ0) is 16.3. The monoisotopic (exact) mass is 336 g/mol. The second-order valence-electron chi connectivity index (χ2n) is 5.21. The largest absolute Gasteiger partial charge is 0.497 e. The molecule has 23 heavy (non-hydrogen) atoms. The molecule has 2 rings (SSSR count). The van der Waals surface area contributed by atoms with Gasteiger partial charge in [0.05, 0.1) is 26.5 Å². The molecular formula is C16H24N4O2S. The van der Waals surface area contributed by atoms with Gasteiger partial charge in [0.2, 0.25) is 0 Å². The summed E-state index contributed by atoms with van der Waals surface area (Å²) in [6.07, 6.45) is 2.77. The van der Waals surface area contributed by atoms with Crippen LogP contribution in [0.1, 0.15) is 12.0 Å². The fourth-order valence-corrected chi connectivity index (χ4v) is 2.38. The fourth-order valence-electron chi connectivity index (χ4n) is 2.22. The van der Waals surface area contributed by atoms with Crippen molar-refractivity contribution < 1.29 is 9.47 Å². The Morgan fingerprint density at radius 3 is 2.78 bits per heavy atom. The van der Waals surface area contributed by atoms with Crippen LogP contribution in [0.3, 0.4) is 0 Å². The second kappa shape index (κ2) is 10.1. The minimum Gasteiger partial charge on any atom is -0.497 e. The molecule has 1 aliphatic rings. The first kappa shape index (κ1) is 17.7. The van der Waals surface area contributed by atoms with E-state index in [1.807, 2.05) is 24.3 Å². The van der Waals surface area contributed by atoms with E-state index in [-0.39, 0.29) is 0 Å². The lowest BCUT2D eigenvalue weighted by Gasteiger charge is -2.26. The first-order chi connectivity index (χ1) is 11.3. The number of benzene rings is 1. The van der Waals surface area contributed by atoms with Gasteiger partial charge < -0.3 is 14.8 Å². The summed E-state index contributed by atoms with van der Waals surface area (Å²) in [7, 11) is 1.65. The van der Waals surface area contributed by atoms with Gasteiger partial charge in [-0.05, 0) is 55.0 Å². The van der Waals surface area contributed by atoms with Crippen LogP contribution in [-0.2, 0) is 4.74 Å². The highest BCUT2D eigenvalue weighted by Crippen LogP contribution is 2.09. The van der Waals surface area contributed by atoms with E-state index in [9.17, 15) is 0 Å². The normalized spacial score (nSPS) is 15.5. The molecule has 2 N–H and O–H groups in total. The number of rotatable bonds is 7. The number of thiocarbonyl (C=S) groups is 1. The lowest BCUT2D eigenvalue weighted by Crippen LogP contribution is -2.39. The summed E-state index contributed by atoms with van der Waals surface area (Å²) >= 11 is 5.19. The second-order valence-corrected chi connectivity index (χ2v) is 5.61. The molecule has 0 aromatic heterocycles. The molecule has 0 spiro atoms. The van der Waals surface area contributed by atoms with Crippen LogP contribution >= 0.6 is 12.2 Å². The Kier molecular flexibility index (Phi) is 7.79. The number of hydrogen-bond acceptors (Lipinski definition) is 5. The number of hydrogen-bond donors (Lipinski definition) is 2. The molecule has 1 saturated heterocycles. The number of nitrogens with zero attached hydrogens (tertiary/aromatic N) is 2. The molecule has 0 bridgehead atoms. The molecule has 1 aromatic carbocycles. The van der Waals surface area contributed by atoms with Crippen LogP contribution in [0.15, 0.2) is 29.4 Å². The zero-order valence-electron chi connectivity index (χ0n) is 13.5. The highest BCUT2D eigenvalue weighted by Gasteiger charge is 2.08. The van der Waals surface area contributed by atoms with Crippen molar-refractivity contribution in [3.63, 3.8) is 0 Å². The van der Waals surface area contributed by atoms with E-state index >= 15 is 0 Å². The Morgan fingerprint density at radius 1 is 1.35 bits per heavy atom. The summed E-state index contributed by atoms with van der Waals surface area (Å²) < 4.78 is 10.4. The van der Waals surface area contributed by atoms with E-state index in [1.165, 1.54) is 0 Å². The lowest BCUT2D eigenvalue weighted by atomic mass is 10.2. The van der Waals surface area contributed by atoms with Crippen molar-refractivity contribution in [2.24, 2.45) is 5.10 Å². The third-order valence-electron chi connectivity index (χ3n) is 3.54. The summed E-state index contributed by atoms with van der Waals surface area (Å²) in [6.45, 7) is 5.62. The standard InChI is InChI=1S/C16H24N4O2S/c1-21-15-5-3-14(4-6-15)13-18-19-16(23)17-7-2-8-20-9-11-22-12-10-20/h3-6,13H,2,7-12H2,1H3,(H2,17,19,23)/b18-13-. The van der Waals surface area contributed by atoms with Gasteiger partial charge in [-0.3, -0.25) is 10.3 Å². The SMILES string of the molecule is COc1ccc(/C=N\NC(=S)NCCCN2CCOCC2)cc1. The molecule has 0 atom stereocenters. The van der Waals surface area contributed by atoms with Crippen LogP contribution in [0.4, 0.5) is 0 Å². The summed E-state index contributed by atoms with van der Waals surface area (Å²) in [6, 6.07) is 7.65. The number of hydrazone groups is 1. The average molecular weight is 336 g/mol. The number of methoxy groups -OCH3 is 1. The molecule has 126 valence electrons. The van der Waals surface area contributed by atoms with Crippen LogP contribution in [0, 0.1) is 0 Å². The third kappa shape index (κ3) is 6.94. The van der Waals surface area contributed by atoms with E-state index in [0.717, 1.165) is 57.1 Å². The summed E-state index contributed by atoms with van der Waals surface area (Å²) in [5.74, 6) is 0.826. The van der Waals surface area contributed by atoms with Crippen LogP contribution in [0.25, 0.3) is 0 Å². The predicted octanol–water partition coefficient (Wildman–Crippen LogP) is 1.22. The van der Waals surface area contributed by atoms with Crippen molar-refractivity contribution in [1.82, 2.24) is 15.6 Å². The highest BCUT2D eigenvalue weighted by atomic mass is 32.1. The van der Waals surface area contributed by atoms with Crippen molar-refractivity contribution in [2.75, 3.05) is 46.5 Å². The third-order valence-corrected chi connectivity index (χ3v) is 3.77. The van der Waals surface area contributed by atoms with Crippen LogP contribution < -0.4 is 15.5 Å². The Labute approximate surface area is 142 Å². The van der Waals surface area contributed by atoms with Crippen molar-refractivity contribution in [3.05, 3.63) is 29.8 Å². The molecule has 0 radical (unpaired) electrons. The maximum absolute atomic E-state index is 5.33. The summed E-state index contributed by atoms with van der Waals surface area (Å²) in [4.78, 5) is 2.41. The maximum atomic E-state index is 5.33. The van der Waals surface area contributed by atoms with Crippen LogP contribution in [0.5, 0.6) is 5.75 Å². The van der Waals surface area contributed by atoms with Crippen molar-refractivity contribution in [3.8, 4) is 5.75 Å². The van der Waals surface area contributed by atoms with E-state index in [4.69, 9.17) is 21.7 Å². The number of nitrogens with one attached hydrogen (secondary N) is 2. The molecule has 6 nitrogen and oxygen atoms in total. The number of morpholine rings is 1. The molecule has 1 aliphatic heterocycles. The minimum absolute atomic E-state index is 0.539. The van der Waals surface area contributed by atoms with Gasteiger partial charge in [-0.2, -0.15) is 5.10 Å². The van der Waals surface area contributed by atoms with Crippen molar-refractivity contribution in [1.29, 1.82) is 0 Å². The van der Waals surface area contributed by atoms with Crippen molar-refractivity contribution in [2.45, 2.75) is 6.42 Å². The van der Waals surface area contributed by atoms with Gasteiger partial charge in [0.25, 0.3) is 0 Å². The molecule has 1 aromatic rings. The van der Waals surface area contributed by atoms with Gasteiger partial charge in [0, 0.05) is 19.6 Å². The molecule has 1 heterocycles. The van der Waals surface area contributed by atoms with Gasteiger partial charge in [-0.1, -0.05) is 0 Å². The fraction of sp³-hybridized carbons (Fsp3) is 0.500. The van der Waals surface area contributed by atoms with Gasteiger partial charge in [-0.15, -0.1) is 0 Å². The predicted molar refractivity (Wildman–Crippen MR) is 96.2 cm³/mol. The topological polar surface area (TPSA) is 58.1 Å². The lowest BCUT2D eigenvalue weighted by molar-refractivity contribution is 0.0376. The maximum Gasteiger partial charge on any atom is 0.186 e. The minimum atomic E-state index is 0.539. The Morgan fingerprint density at radius 2 is 2.09 bits per heavy atom. The Balaban J connectivity index is 1.57. The Bertz CT molecular complexity index is 501. The summed E-state index contributed by atoms with van der Waals surface area (Å²) in [5, 5.41) is 7.81. The van der Waals surface area contributed by atoms with Gasteiger partial charge >= 0.3 is 0 Å². The smallest absolute Gasteiger partial charge is 0.186 e. The zero-order valence-corrected chi connectivity index (χ0v) is 14.3. The first-order valence-electron chi connectivity index (χ1n) is 7.79. The molecule has 0 amide bonds. The summed E-state index contributed by atoms with van der Waals surface area (Å²) in [5.41, 5.74) is 3.80. The molecule has 7 heteroatoms. The van der Waals surface area contributed by atoms with Crippen LogP contribution in [0.2, 0.25) is 0 Å². The Hall–Kier alpha value is -1.70. The van der Waals surface area contributed by atoms with Gasteiger partial charge in [0.1, 0.15) is 5.75 Å². The van der Waals surface area contributed by atoms with E-state index < -0.39 is 0 Å². The molecule has 0 unspecified atom stereocenters. The van der Waals surface area contributed by atoms with Crippen LogP contribution in [-0.4, -0.2) is 62.7 Å². The van der Waals surface area contributed by atoms with Gasteiger partial charge in [0.15, 0.2) is 5.11 Å². The molecule has 1 fully saturated rings. The quantitative estimate of drug-likeness (QED) is 0.338. The molecule has 0 aliphatic carbocycles. The van der Waals surface area contributed by atoms with E-state index in [2.05, 4.69) is 20.7 Å². The van der Waals surface area contributed by atoms with Crippen molar-refractivity contribution >= 4 is 23.5 Å². The highest BCUT2D eigenvalue weighted by molar-refractivity contribution is 7.80. The van der Waals surface area contributed by atoms with Gasteiger partial charge in [-0.25, -0.2) is 0 Å². The van der Waals surface area contributed by atoms with E-state index in [1.54, 1.807) is 13.3 Å². The average Bonchev–Trinajstić information content (AvgIpc) is 2.60. The first-order valence-corrected chi connectivity index (χ1v) is 8.20. The molecular weight excluding hydrogens is 312 g/mol. The molecule has 0 saturated carbocycles.